The van der Waals surface area contributed by atoms with Gasteiger partial charge in [-0.1, -0.05) is 0 Å². The minimum Gasteiger partial charge on any atom is -0.477 e. The van der Waals surface area contributed by atoms with Crippen LogP contribution < -0.4 is 0 Å². The van der Waals surface area contributed by atoms with Crippen LogP contribution in [0.1, 0.15) is 29.4 Å². The van der Waals surface area contributed by atoms with Crippen LogP contribution in [-0.2, 0) is 9.84 Å². The summed E-state index contributed by atoms with van der Waals surface area (Å²) in [5.74, 6) is -0.818. The molecule has 2 heterocycles. The molecule has 1 atom stereocenters. The van der Waals surface area contributed by atoms with Crippen molar-refractivity contribution in [3.8, 4) is 0 Å². The number of carboxylic acid groups (broad SMARTS) is 1. The second-order valence-corrected chi connectivity index (χ2v) is 7.31. The molecule has 0 aliphatic carbocycles. The van der Waals surface area contributed by atoms with Crippen LogP contribution in [0.3, 0.4) is 0 Å². The van der Waals surface area contributed by atoms with E-state index < -0.39 is 15.8 Å². The zero-order valence-corrected chi connectivity index (χ0v) is 11.4. The summed E-state index contributed by atoms with van der Waals surface area (Å²) in [5, 5.41) is 9.05. The molecule has 1 N–H and O–H groups in total. The number of aromatic carboxylic acids is 1. The molecule has 1 aromatic heterocycles. The average molecular weight is 322 g/mol. The molecule has 1 aromatic rings. The molecule has 1 aliphatic rings. The number of carbonyl (C=O) groups is 1. The third-order valence-corrected chi connectivity index (χ3v) is 5.10. The van der Waals surface area contributed by atoms with E-state index in [0.717, 1.165) is 0 Å². The van der Waals surface area contributed by atoms with E-state index in [1.807, 2.05) is 0 Å². The Morgan fingerprint density at radius 3 is 2.82 bits per heavy atom. The molecule has 0 saturated carbocycles. The molecule has 5 nitrogen and oxygen atoms in total. The number of nitrogens with zero attached hydrogens (tertiary/aromatic N) is 1. The first-order valence-electron chi connectivity index (χ1n) is 5.20. The zero-order valence-electron chi connectivity index (χ0n) is 8.97. The molecule has 1 saturated heterocycles. The lowest BCUT2D eigenvalue weighted by molar-refractivity contribution is 0.0682. The van der Waals surface area contributed by atoms with Crippen LogP contribution in [-0.4, -0.2) is 35.6 Å². The summed E-state index contributed by atoms with van der Waals surface area (Å²) in [6.45, 7) is 0. The Kier molecular flexibility index (Phi) is 3.31. The van der Waals surface area contributed by atoms with Gasteiger partial charge in [0.2, 0.25) is 0 Å². The quantitative estimate of drug-likeness (QED) is 0.899. The minimum atomic E-state index is -3.04. The predicted molar refractivity (Wildman–Crippen MR) is 66.0 cm³/mol. The van der Waals surface area contributed by atoms with Crippen LogP contribution in [0.5, 0.6) is 0 Å². The highest BCUT2D eigenvalue weighted by atomic mass is 79.9. The van der Waals surface area contributed by atoms with Crippen molar-refractivity contribution in [1.29, 1.82) is 0 Å². The third kappa shape index (κ3) is 2.71. The summed E-state index contributed by atoms with van der Waals surface area (Å²) in [7, 11) is -3.04. The van der Waals surface area contributed by atoms with Gasteiger partial charge in [-0.25, -0.2) is 13.2 Å². The van der Waals surface area contributed by atoms with E-state index in [9.17, 15) is 13.2 Å². The van der Waals surface area contributed by atoms with Crippen LogP contribution >= 0.6 is 15.9 Å². The molecular formula is C10H12BrNO4S. The summed E-state index contributed by atoms with van der Waals surface area (Å²) in [5.41, 5.74) is 0.124. The fourth-order valence-corrected chi connectivity index (χ4v) is 4.26. The lowest BCUT2D eigenvalue weighted by Crippen LogP contribution is -2.28. The second-order valence-electron chi connectivity index (χ2n) is 4.17. The molecule has 94 valence electrons. The van der Waals surface area contributed by atoms with Gasteiger partial charge in [-0.2, -0.15) is 0 Å². The van der Waals surface area contributed by atoms with Crippen molar-refractivity contribution in [3.63, 3.8) is 0 Å². The van der Waals surface area contributed by atoms with Gasteiger partial charge in [-0.3, -0.25) is 0 Å². The zero-order chi connectivity index (χ0) is 12.6. The number of aromatic nitrogens is 1. The smallest absolute Gasteiger partial charge is 0.352 e. The van der Waals surface area contributed by atoms with Crippen molar-refractivity contribution in [2.24, 2.45) is 0 Å². The van der Waals surface area contributed by atoms with Gasteiger partial charge < -0.3 is 9.67 Å². The average Bonchev–Trinajstić information content (AvgIpc) is 2.59. The number of halogens is 1. The topological polar surface area (TPSA) is 76.4 Å². The Balaban J connectivity index is 2.37. The summed E-state index contributed by atoms with van der Waals surface area (Å²) in [6.07, 6.45) is 2.91. The van der Waals surface area contributed by atoms with Gasteiger partial charge in [-0.15, -0.1) is 0 Å². The molecule has 1 aliphatic heterocycles. The van der Waals surface area contributed by atoms with E-state index >= 15 is 0 Å². The molecule has 1 unspecified atom stereocenters. The minimum absolute atomic E-state index is 0.0222. The van der Waals surface area contributed by atoms with E-state index in [-0.39, 0.29) is 23.2 Å². The van der Waals surface area contributed by atoms with Crippen molar-refractivity contribution in [2.75, 3.05) is 11.5 Å². The Bertz CT molecular complexity index is 549. The van der Waals surface area contributed by atoms with Gasteiger partial charge in [0, 0.05) is 16.7 Å². The first-order chi connectivity index (χ1) is 7.89. The van der Waals surface area contributed by atoms with Gasteiger partial charge >= 0.3 is 5.97 Å². The van der Waals surface area contributed by atoms with Crippen LogP contribution in [0.4, 0.5) is 0 Å². The van der Waals surface area contributed by atoms with Crippen molar-refractivity contribution in [3.05, 3.63) is 22.4 Å². The number of carboxylic acids is 1. The second kappa shape index (κ2) is 4.45. The van der Waals surface area contributed by atoms with Crippen molar-refractivity contribution in [1.82, 2.24) is 4.57 Å². The molecule has 7 heteroatoms. The Morgan fingerprint density at radius 1 is 1.53 bits per heavy atom. The van der Waals surface area contributed by atoms with Crippen molar-refractivity contribution >= 4 is 31.7 Å². The van der Waals surface area contributed by atoms with Gasteiger partial charge in [0.1, 0.15) is 5.69 Å². The van der Waals surface area contributed by atoms with Gasteiger partial charge in [-0.05, 0) is 34.8 Å². The summed E-state index contributed by atoms with van der Waals surface area (Å²) in [6, 6.07) is 1.22. The summed E-state index contributed by atoms with van der Waals surface area (Å²) < 4.78 is 25.3. The Morgan fingerprint density at radius 2 is 2.24 bits per heavy atom. The molecule has 0 amide bonds. The van der Waals surface area contributed by atoms with E-state index in [1.165, 1.54) is 6.07 Å². The van der Waals surface area contributed by atoms with E-state index in [1.54, 1.807) is 10.8 Å². The molecule has 0 spiro atoms. The van der Waals surface area contributed by atoms with Crippen molar-refractivity contribution in [2.45, 2.75) is 18.9 Å². The molecule has 0 radical (unpaired) electrons. The largest absolute Gasteiger partial charge is 0.477 e. The van der Waals surface area contributed by atoms with Gasteiger partial charge in [0.25, 0.3) is 0 Å². The molecule has 0 aromatic carbocycles. The maximum atomic E-state index is 11.5. The Labute approximate surface area is 107 Å². The fraction of sp³-hybridized carbons (Fsp3) is 0.500. The standard InChI is InChI=1S/C10H12BrNO4S/c11-7-4-9(10(13)14)12(5-7)8-2-1-3-17(15,16)6-8/h4-5,8H,1-3,6H2,(H,13,14). The maximum absolute atomic E-state index is 11.5. The maximum Gasteiger partial charge on any atom is 0.352 e. The monoisotopic (exact) mass is 321 g/mol. The SMILES string of the molecule is O=C(O)c1cc(Br)cn1C1CCCS(=O)(=O)C1. The van der Waals surface area contributed by atoms with Crippen LogP contribution in [0.25, 0.3) is 0 Å². The normalized spacial score (nSPS) is 23.5. The highest BCUT2D eigenvalue weighted by molar-refractivity contribution is 9.10. The molecule has 0 bridgehead atoms. The van der Waals surface area contributed by atoms with Crippen LogP contribution in [0.2, 0.25) is 0 Å². The van der Waals surface area contributed by atoms with Crippen molar-refractivity contribution < 1.29 is 18.3 Å². The van der Waals surface area contributed by atoms with Crippen LogP contribution in [0.15, 0.2) is 16.7 Å². The highest BCUT2D eigenvalue weighted by Gasteiger charge is 2.28. The molecule has 17 heavy (non-hydrogen) atoms. The predicted octanol–water partition coefficient (Wildman–Crippen LogP) is 1.70. The number of hydrogen-bond donors (Lipinski definition) is 1. The van der Waals surface area contributed by atoms with E-state index in [4.69, 9.17) is 5.11 Å². The number of sulfone groups is 1. The first kappa shape index (κ1) is 12.6. The third-order valence-electron chi connectivity index (χ3n) is 2.87. The van der Waals surface area contributed by atoms with E-state index in [2.05, 4.69) is 15.9 Å². The first-order valence-corrected chi connectivity index (χ1v) is 7.81. The molecule has 1 fully saturated rings. The number of hydrogen-bond acceptors (Lipinski definition) is 3. The summed E-state index contributed by atoms with van der Waals surface area (Å²) in [4.78, 5) is 11.0. The van der Waals surface area contributed by atoms with Gasteiger partial charge in [0.15, 0.2) is 9.84 Å². The fourth-order valence-electron chi connectivity index (χ4n) is 2.14. The summed E-state index contributed by atoms with van der Waals surface area (Å²) >= 11 is 3.21. The lowest BCUT2D eigenvalue weighted by Gasteiger charge is -2.24. The highest BCUT2D eigenvalue weighted by Crippen LogP contribution is 2.27. The number of rotatable bonds is 2. The lowest BCUT2D eigenvalue weighted by atomic mass is 10.2. The van der Waals surface area contributed by atoms with E-state index in [0.29, 0.717) is 17.3 Å². The molecule has 2 rings (SSSR count). The van der Waals surface area contributed by atoms with Gasteiger partial charge in [0.05, 0.1) is 11.5 Å². The molecular weight excluding hydrogens is 310 g/mol. The Hall–Kier alpha value is -0.820. The van der Waals surface area contributed by atoms with Crippen LogP contribution in [0, 0.1) is 0 Å².